The molecule has 0 amide bonds. The molecule has 5 nitrogen and oxygen atoms in total. The molecule has 6 heteroatoms. The van der Waals surface area contributed by atoms with Crippen LogP contribution in [-0.2, 0) is 0 Å². The highest BCUT2D eigenvalue weighted by atomic mass is 32.2. The van der Waals surface area contributed by atoms with Crippen LogP contribution in [-0.4, -0.2) is 22.0 Å². The number of rotatable bonds is 4. The lowest BCUT2D eigenvalue weighted by Gasteiger charge is -2.10. The second-order valence-corrected chi connectivity index (χ2v) is 6.98. The van der Waals surface area contributed by atoms with Gasteiger partial charge in [0.2, 0.25) is 5.78 Å². The van der Waals surface area contributed by atoms with Gasteiger partial charge in [0.25, 0.3) is 0 Å². The molecule has 0 radical (unpaired) electrons. The molecule has 0 unspecified atom stereocenters. The number of hydrogen-bond acceptors (Lipinski definition) is 5. The Morgan fingerprint density at radius 2 is 1.75 bits per heavy atom. The number of carbonyl (C=O) groups excluding carboxylic acids is 1. The zero-order valence-corrected chi connectivity index (χ0v) is 15.9. The largest absolute Gasteiger partial charge is 0.396 e. The third-order valence-electron chi connectivity index (χ3n) is 4.58. The summed E-state index contributed by atoms with van der Waals surface area (Å²) in [6.45, 7) is 0. The summed E-state index contributed by atoms with van der Waals surface area (Å²) in [6, 6.07) is 20.8. The quantitative estimate of drug-likeness (QED) is 0.395. The average molecular weight is 384 g/mol. The van der Waals surface area contributed by atoms with E-state index in [-0.39, 0.29) is 11.5 Å². The fraction of sp³-hybridized carbons (Fsp3) is 0.0455. The fourth-order valence-electron chi connectivity index (χ4n) is 3.28. The Labute approximate surface area is 166 Å². The van der Waals surface area contributed by atoms with Crippen LogP contribution >= 0.6 is 11.8 Å². The minimum atomic E-state index is -0.209. The summed E-state index contributed by atoms with van der Waals surface area (Å²) in [5.41, 5.74) is 10.0. The van der Waals surface area contributed by atoms with E-state index in [1.165, 1.54) is 11.8 Å². The number of aromatic amines is 1. The van der Waals surface area contributed by atoms with Crippen molar-refractivity contribution in [2.24, 2.45) is 0 Å². The molecule has 2 aromatic carbocycles. The highest BCUT2D eigenvalue weighted by molar-refractivity contribution is 7.98. The molecule has 0 atom stereocenters. The number of nitriles is 1. The van der Waals surface area contributed by atoms with E-state index in [2.05, 4.69) is 16.0 Å². The first kappa shape index (κ1) is 17.8. The Morgan fingerprint density at radius 3 is 2.36 bits per heavy atom. The number of hydrogen-bond donors (Lipinski definition) is 2. The molecule has 0 bridgehead atoms. The second-order valence-electron chi connectivity index (χ2n) is 6.18. The van der Waals surface area contributed by atoms with Crippen LogP contribution in [0.25, 0.3) is 22.2 Å². The molecule has 2 aromatic heterocycles. The molecule has 0 aliphatic rings. The van der Waals surface area contributed by atoms with Gasteiger partial charge in [-0.25, -0.2) is 4.98 Å². The van der Waals surface area contributed by atoms with E-state index in [9.17, 15) is 10.1 Å². The molecule has 0 saturated heterocycles. The van der Waals surface area contributed by atoms with Crippen molar-refractivity contribution in [1.82, 2.24) is 9.97 Å². The zero-order valence-electron chi connectivity index (χ0n) is 15.1. The third kappa shape index (κ3) is 2.82. The maximum atomic E-state index is 13.0. The lowest BCUT2D eigenvalue weighted by molar-refractivity contribution is 0.103. The summed E-state index contributed by atoms with van der Waals surface area (Å²) >= 11 is 1.38. The number of H-pyrrole nitrogens is 1. The summed E-state index contributed by atoms with van der Waals surface area (Å²) in [6.07, 6.45) is 1.87. The van der Waals surface area contributed by atoms with Crippen molar-refractivity contribution in [3.8, 4) is 17.2 Å². The summed E-state index contributed by atoms with van der Waals surface area (Å²) in [4.78, 5) is 20.6. The van der Waals surface area contributed by atoms with Crippen LogP contribution in [0.2, 0.25) is 0 Å². The van der Waals surface area contributed by atoms with Crippen molar-refractivity contribution in [1.29, 1.82) is 5.26 Å². The molecule has 0 fully saturated rings. The Kier molecular flexibility index (Phi) is 4.60. The standard InChI is InChI=1S/C22H16N4OS/c1-28-22-15(12-23)16(13-8-4-2-5-9-13)17-18(24)19(25-21(17)26-22)20(27)14-10-6-3-7-11-14/h2-11H,24H2,1H3,(H,25,26). The lowest BCUT2D eigenvalue weighted by Crippen LogP contribution is -2.04. The van der Waals surface area contributed by atoms with E-state index in [0.717, 1.165) is 5.56 Å². The number of fused-ring (bicyclic) bond motifs is 1. The molecule has 0 aliphatic carbocycles. The predicted octanol–water partition coefficient (Wildman–Crippen LogP) is 4.64. The molecule has 2 heterocycles. The number of nitrogen functional groups attached to an aromatic ring is 1. The van der Waals surface area contributed by atoms with Gasteiger partial charge in [-0.1, -0.05) is 60.7 Å². The number of aromatic nitrogens is 2. The van der Waals surface area contributed by atoms with Gasteiger partial charge in [0.05, 0.1) is 16.6 Å². The number of carbonyl (C=O) groups is 1. The van der Waals surface area contributed by atoms with Crippen molar-refractivity contribution in [2.45, 2.75) is 5.03 Å². The zero-order chi connectivity index (χ0) is 19.7. The van der Waals surface area contributed by atoms with Gasteiger partial charge >= 0.3 is 0 Å². The minimum Gasteiger partial charge on any atom is -0.396 e. The number of nitrogens with zero attached hydrogens (tertiary/aromatic N) is 2. The number of nitrogens with one attached hydrogen (secondary N) is 1. The molecule has 0 aliphatic heterocycles. The fourth-order valence-corrected chi connectivity index (χ4v) is 3.82. The first-order chi connectivity index (χ1) is 13.7. The van der Waals surface area contributed by atoms with Gasteiger partial charge in [-0.15, -0.1) is 11.8 Å². The van der Waals surface area contributed by atoms with Crippen LogP contribution in [0.1, 0.15) is 21.6 Å². The van der Waals surface area contributed by atoms with E-state index in [0.29, 0.717) is 38.4 Å². The van der Waals surface area contributed by atoms with Gasteiger partial charge in [0.15, 0.2) is 0 Å². The first-order valence-electron chi connectivity index (χ1n) is 8.60. The van der Waals surface area contributed by atoms with Crippen LogP contribution in [0, 0.1) is 11.3 Å². The maximum absolute atomic E-state index is 13.0. The second kappa shape index (κ2) is 7.22. The van der Waals surface area contributed by atoms with Crippen LogP contribution in [0.15, 0.2) is 65.7 Å². The molecule has 0 saturated carbocycles. The number of anilines is 1. The smallest absolute Gasteiger partial charge is 0.211 e. The average Bonchev–Trinajstić information content (AvgIpc) is 3.09. The number of ketones is 1. The molecule has 0 spiro atoms. The number of thioether (sulfide) groups is 1. The van der Waals surface area contributed by atoms with E-state index in [1.54, 1.807) is 24.3 Å². The van der Waals surface area contributed by atoms with E-state index < -0.39 is 0 Å². The molecular weight excluding hydrogens is 368 g/mol. The van der Waals surface area contributed by atoms with Crippen LogP contribution in [0.3, 0.4) is 0 Å². The van der Waals surface area contributed by atoms with Gasteiger partial charge in [-0.2, -0.15) is 5.26 Å². The Bertz CT molecular complexity index is 1220. The van der Waals surface area contributed by atoms with Crippen molar-refractivity contribution < 1.29 is 4.79 Å². The first-order valence-corrected chi connectivity index (χ1v) is 9.82. The highest BCUT2D eigenvalue weighted by Crippen LogP contribution is 2.39. The lowest BCUT2D eigenvalue weighted by atomic mass is 9.97. The van der Waals surface area contributed by atoms with Crippen molar-refractivity contribution in [3.05, 3.63) is 77.5 Å². The number of benzene rings is 2. The van der Waals surface area contributed by atoms with Crippen molar-refractivity contribution in [3.63, 3.8) is 0 Å². The topological polar surface area (TPSA) is 95.6 Å². The Hall–Kier alpha value is -3.56. The minimum absolute atomic E-state index is 0.209. The van der Waals surface area contributed by atoms with Crippen molar-refractivity contribution >= 4 is 34.3 Å². The summed E-state index contributed by atoms with van der Waals surface area (Å²) in [5.74, 6) is -0.209. The summed E-state index contributed by atoms with van der Waals surface area (Å²) < 4.78 is 0. The van der Waals surface area contributed by atoms with Gasteiger partial charge in [-0.3, -0.25) is 4.79 Å². The van der Waals surface area contributed by atoms with Crippen LogP contribution in [0.5, 0.6) is 0 Å². The molecule has 4 aromatic rings. The van der Waals surface area contributed by atoms with Crippen LogP contribution in [0.4, 0.5) is 5.69 Å². The monoisotopic (exact) mass is 384 g/mol. The molecule has 28 heavy (non-hydrogen) atoms. The summed E-state index contributed by atoms with van der Waals surface area (Å²) in [7, 11) is 0. The third-order valence-corrected chi connectivity index (χ3v) is 5.26. The maximum Gasteiger partial charge on any atom is 0.211 e. The highest BCUT2D eigenvalue weighted by Gasteiger charge is 2.24. The summed E-state index contributed by atoms with van der Waals surface area (Å²) in [5, 5.41) is 11.0. The molecule has 136 valence electrons. The molecule has 3 N–H and O–H groups in total. The van der Waals surface area contributed by atoms with Gasteiger partial charge in [-0.05, 0) is 11.8 Å². The predicted molar refractivity (Wildman–Crippen MR) is 112 cm³/mol. The number of nitrogens with two attached hydrogens (primary N) is 1. The SMILES string of the molecule is CSc1nc2[nH]c(C(=O)c3ccccc3)c(N)c2c(-c2ccccc2)c1C#N. The normalized spacial score (nSPS) is 10.7. The van der Waals surface area contributed by atoms with Gasteiger partial charge in [0.1, 0.15) is 22.4 Å². The van der Waals surface area contributed by atoms with Crippen LogP contribution < -0.4 is 5.73 Å². The number of pyridine rings is 1. The van der Waals surface area contributed by atoms with E-state index >= 15 is 0 Å². The van der Waals surface area contributed by atoms with E-state index in [4.69, 9.17) is 5.73 Å². The molecule has 4 rings (SSSR count). The Morgan fingerprint density at radius 1 is 1.11 bits per heavy atom. The van der Waals surface area contributed by atoms with Gasteiger partial charge < -0.3 is 10.7 Å². The van der Waals surface area contributed by atoms with Crippen molar-refractivity contribution in [2.75, 3.05) is 12.0 Å². The van der Waals surface area contributed by atoms with E-state index in [1.807, 2.05) is 42.7 Å². The van der Waals surface area contributed by atoms with Gasteiger partial charge in [0, 0.05) is 11.1 Å². The Balaban J connectivity index is 2.05. The molecular formula is C22H16N4OS.